The zero-order valence-corrected chi connectivity index (χ0v) is 34.7. The fraction of sp³-hybridized carbons (Fsp3) is 0.319. The Kier molecular flexibility index (Phi) is 11.5. The molecule has 0 aliphatic carbocycles. The van der Waals surface area contributed by atoms with Crippen LogP contribution in [0, 0.1) is 26.0 Å². The number of aryl methyl sites for hydroxylation is 2. The van der Waals surface area contributed by atoms with Gasteiger partial charge in [-0.05, 0) is 96.0 Å². The van der Waals surface area contributed by atoms with Gasteiger partial charge in [-0.15, -0.1) is 41.3 Å². The van der Waals surface area contributed by atoms with Crippen LogP contribution in [0.4, 0.5) is 0 Å². The zero-order chi connectivity index (χ0) is 36.7. The summed E-state index contributed by atoms with van der Waals surface area (Å²) in [5.41, 5.74) is 12.7. The van der Waals surface area contributed by atoms with Crippen LogP contribution in [0.15, 0.2) is 85.1 Å². The Morgan fingerprint density at radius 3 is 2.17 bits per heavy atom. The van der Waals surface area contributed by atoms with E-state index in [4.69, 9.17) is 14.8 Å². The Balaban J connectivity index is 0.00000481. The van der Waals surface area contributed by atoms with E-state index in [1.165, 1.54) is 27.8 Å². The molecule has 0 aliphatic rings. The Hall–Kier alpha value is -4.47. The second-order valence-electron chi connectivity index (χ2n) is 15.1. The summed E-state index contributed by atoms with van der Waals surface area (Å²) >= 11 is 0. The van der Waals surface area contributed by atoms with Crippen molar-refractivity contribution in [2.45, 2.75) is 99.3 Å². The van der Waals surface area contributed by atoms with Crippen molar-refractivity contribution in [2.24, 2.45) is 0 Å². The predicted octanol–water partition coefficient (Wildman–Crippen LogP) is 12.8. The maximum Gasteiger partial charge on any atom is 2.00 e. The Morgan fingerprint density at radius 2 is 1.47 bits per heavy atom. The van der Waals surface area contributed by atoms with Crippen molar-refractivity contribution in [2.75, 3.05) is 0 Å². The molecule has 4 aromatic carbocycles. The van der Waals surface area contributed by atoms with Crippen molar-refractivity contribution in [3.63, 3.8) is 0 Å². The molecule has 0 unspecified atom stereocenters. The number of hydrogen-bond acceptors (Lipinski definition) is 3. The molecule has 0 saturated heterocycles. The molecule has 7 aromatic rings. The van der Waals surface area contributed by atoms with Crippen LogP contribution in [0.2, 0.25) is 0 Å². The predicted molar refractivity (Wildman–Crippen MR) is 216 cm³/mol. The van der Waals surface area contributed by atoms with Crippen LogP contribution in [0.25, 0.3) is 44.4 Å². The zero-order valence-electron chi connectivity index (χ0n) is 32.4. The number of para-hydroxylation sites is 1. The van der Waals surface area contributed by atoms with Gasteiger partial charge in [0.1, 0.15) is 5.82 Å². The van der Waals surface area contributed by atoms with E-state index in [2.05, 4.69) is 152 Å². The van der Waals surface area contributed by atoms with E-state index in [1.807, 2.05) is 16.9 Å². The van der Waals surface area contributed by atoms with E-state index in [1.54, 1.807) is 0 Å². The number of rotatable bonds is 11. The number of pyridine rings is 1. The van der Waals surface area contributed by atoms with Gasteiger partial charge in [-0.1, -0.05) is 96.8 Å². The molecule has 5 nitrogen and oxygen atoms in total. The summed E-state index contributed by atoms with van der Waals surface area (Å²) in [4.78, 5) is 4.84. The molecule has 6 heteroatoms. The van der Waals surface area contributed by atoms with Gasteiger partial charge < -0.3 is 9.30 Å². The summed E-state index contributed by atoms with van der Waals surface area (Å²) < 4.78 is 10.9. The summed E-state index contributed by atoms with van der Waals surface area (Å²) in [5.74, 6) is 3.21. The normalized spacial score (nSPS) is 11.7. The minimum atomic E-state index is 0. The van der Waals surface area contributed by atoms with E-state index in [-0.39, 0.29) is 27.0 Å². The molecule has 0 bridgehead atoms. The topological polar surface area (TPSA) is 44.9 Å². The van der Waals surface area contributed by atoms with E-state index >= 15 is 0 Å². The molecule has 53 heavy (non-hydrogen) atoms. The van der Waals surface area contributed by atoms with Gasteiger partial charge in [0.15, 0.2) is 0 Å². The van der Waals surface area contributed by atoms with E-state index < -0.39 is 0 Å². The van der Waals surface area contributed by atoms with Gasteiger partial charge in [0.05, 0.1) is 5.69 Å². The van der Waals surface area contributed by atoms with Gasteiger partial charge in [0.25, 0.3) is 0 Å². The molecule has 0 fully saturated rings. The van der Waals surface area contributed by atoms with E-state index in [9.17, 15) is 0 Å². The SMILES string of the molecule is CCCCc1ccnc(-n2c3[c-]c(Oc4[c-]c(-n5nc(C)c(-c6c(C(C)C)cccc6C(C)C)c5C)cc(C(C)C)c4)ccc3c3ccccc32)c1.[Pt+2]. The van der Waals surface area contributed by atoms with Crippen molar-refractivity contribution in [3.05, 3.63) is 131 Å². The van der Waals surface area contributed by atoms with Gasteiger partial charge in [0, 0.05) is 34.5 Å². The first-order chi connectivity index (χ1) is 25.0. The van der Waals surface area contributed by atoms with Gasteiger partial charge in [-0.3, -0.25) is 4.68 Å². The number of nitrogens with zero attached hydrogens (tertiary/aromatic N) is 4. The molecule has 0 radical (unpaired) electrons. The minimum absolute atomic E-state index is 0. The maximum atomic E-state index is 6.68. The average Bonchev–Trinajstić information content (AvgIpc) is 3.62. The van der Waals surface area contributed by atoms with Crippen LogP contribution in [-0.4, -0.2) is 19.3 Å². The second-order valence-corrected chi connectivity index (χ2v) is 15.1. The number of benzene rings is 4. The molecule has 0 amide bonds. The maximum absolute atomic E-state index is 6.68. The van der Waals surface area contributed by atoms with Crippen molar-refractivity contribution in [3.8, 4) is 34.1 Å². The van der Waals surface area contributed by atoms with Crippen LogP contribution in [-0.2, 0) is 27.5 Å². The van der Waals surface area contributed by atoms with Crippen LogP contribution in [0.1, 0.15) is 113 Å². The number of hydrogen-bond donors (Lipinski definition) is 0. The third kappa shape index (κ3) is 7.38. The molecular weight excluding hydrogens is 832 g/mol. The molecule has 0 N–H and O–H groups in total. The molecule has 7 rings (SSSR count). The third-order valence-electron chi connectivity index (χ3n) is 10.3. The monoisotopic (exact) mass is 881 g/mol. The minimum Gasteiger partial charge on any atom is -0.509 e. The molecule has 3 aromatic heterocycles. The number of unbranched alkanes of at least 4 members (excludes halogenated alkanes) is 1. The first kappa shape index (κ1) is 38.3. The summed E-state index contributed by atoms with van der Waals surface area (Å²) in [7, 11) is 0. The molecule has 0 aliphatic heterocycles. The van der Waals surface area contributed by atoms with Crippen LogP contribution < -0.4 is 4.74 Å². The second kappa shape index (κ2) is 15.9. The standard InChI is InChI=1S/C47H50N4O.Pt/c1-10-11-15-34-22-23-48-45(24-34)50-43-19-13-12-16-41(43)42-21-20-37(28-44(42)50)52-38-26-35(29(2)3)25-36(27-38)51-33(9)46(32(8)49-51)47-39(30(4)5)17-14-18-40(47)31(6)7;/h12-14,16-26,29-31H,10-11,15H2,1-9H3;/q-2;+2. The summed E-state index contributed by atoms with van der Waals surface area (Å²) in [5, 5.41) is 7.43. The number of aromatic nitrogens is 4. The van der Waals surface area contributed by atoms with Gasteiger partial charge in [-0.25, -0.2) is 4.98 Å². The fourth-order valence-electron chi connectivity index (χ4n) is 7.54. The fourth-order valence-corrected chi connectivity index (χ4v) is 7.54. The van der Waals surface area contributed by atoms with Crippen LogP contribution >= 0.6 is 0 Å². The molecule has 274 valence electrons. The molecule has 3 heterocycles. The van der Waals surface area contributed by atoms with Gasteiger partial charge in [0.2, 0.25) is 0 Å². The summed E-state index contributed by atoms with van der Waals surface area (Å²) in [6, 6.07) is 35.2. The largest absolute Gasteiger partial charge is 2.00 e. The van der Waals surface area contributed by atoms with Crippen LogP contribution in [0.3, 0.4) is 0 Å². The molecule has 0 saturated carbocycles. The first-order valence-electron chi connectivity index (χ1n) is 18.9. The van der Waals surface area contributed by atoms with Crippen molar-refractivity contribution in [1.82, 2.24) is 19.3 Å². The molecular formula is C47H50N4OPt. The Morgan fingerprint density at radius 1 is 0.736 bits per heavy atom. The van der Waals surface area contributed by atoms with Crippen molar-refractivity contribution < 1.29 is 25.8 Å². The number of fused-ring (bicyclic) bond motifs is 3. The van der Waals surface area contributed by atoms with E-state index in [0.29, 0.717) is 23.3 Å². The Bertz CT molecular complexity index is 2370. The molecule has 0 atom stereocenters. The Labute approximate surface area is 329 Å². The van der Waals surface area contributed by atoms with Crippen LogP contribution in [0.5, 0.6) is 11.5 Å². The van der Waals surface area contributed by atoms with E-state index in [0.717, 1.165) is 69.5 Å². The summed E-state index contributed by atoms with van der Waals surface area (Å²) in [6.07, 6.45) is 5.26. The average molecular weight is 882 g/mol. The smallest absolute Gasteiger partial charge is 0.509 e. The van der Waals surface area contributed by atoms with Crippen molar-refractivity contribution in [1.29, 1.82) is 0 Å². The molecule has 0 spiro atoms. The van der Waals surface area contributed by atoms with Crippen molar-refractivity contribution >= 4 is 21.8 Å². The summed E-state index contributed by atoms with van der Waals surface area (Å²) in [6.45, 7) is 20.1. The quantitative estimate of drug-likeness (QED) is 0.122. The number of ether oxygens (including phenoxy) is 1. The van der Waals surface area contributed by atoms with Gasteiger partial charge in [-0.2, -0.15) is 11.2 Å². The first-order valence-corrected chi connectivity index (χ1v) is 18.9. The van der Waals surface area contributed by atoms with Gasteiger partial charge >= 0.3 is 21.1 Å². The third-order valence-corrected chi connectivity index (χ3v) is 10.3.